The minimum atomic E-state index is -1.50. The van der Waals surface area contributed by atoms with Crippen LogP contribution >= 0.6 is 0 Å². The number of nitrogens with zero attached hydrogens (tertiary/aromatic N) is 3. The van der Waals surface area contributed by atoms with E-state index in [-0.39, 0.29) is 43.2 Å². The molecule has 0 aliphatic rings. The Morgan fingerprint density at radius 3 is 1.07 bits per heavy atom. The Morgan fingerprint density at radius 2 is 0.786 bits per heavy atom. The Morgan fingerprint density at radius 1 is 0.536 bits per heavy atom. The number of rotatable bonds is 16. The fourth-order valence-corrected chi connectivity index (χ4v) is 2.20. The van der Waals surface area contributed by atoms with Crippen LogP contribution in [0.3, 0.4) is 0 Å². The van der Waals surface area contributed by atoms with Gasteiger partial charge in [-0.2, -0.15) is 0 Å². The normalized spacial score (nSPS) is 10.7. The molecule has 0 atom stereocenters. The van der Waals surface area contributed by atoms with Crippen molar-refractivity contribution < 1.29 is 66.6 Å². The molecular formula is C14H21FeN3O10. The molecule has 0 saturated heterocycles. The van der Waals surface area contributed by atoms with Crippen LogP contribution in [-0.2, 0) is 41.0 Å². The molecule has 3 N–H and O–H groups in total. The van der Waals surface area contributed by atoms with Crippen LogP contribution in [0.1, 0.15) is 0 Å². The van der Waals surface area contributed by atoms with E-state index in [4.69, 9.17) is 15.3 Å². The van der Waals surface area contributed by atoms with Crippen molar-refractivity contribution in [2.45, 2.75) is 0 Å². The summed E-state index contributed by atoms with van der Waals surface area (Å²) in [5.41, 5.74) is 0. The van der Waals surface area contributed by atoms with Crippen LogP contribution in [0.4, 0.5) is 0 Å². The molecule has 0 radical (unpaired) electrons. The molecule has 0 rings (SSSR count). The zero-order chi connectivity index (χ0) is 21.0. The first-order valence-corrected chi connectivity index (χ1v) is 7.71. The van der Waals surface area contributed by atoms with E-state index in [0.29, 0.717) is 0 Å². The van der Waals surface area contributed by atoms with Crippen LogP contribution in [0.5, 0.6) is 0 Å². The van der Waals surface area contributed by atoms with Crippen molar-refractivity contribution in [3.63, 3.8) is 0 Å². The van der Waals surface area contributed by atoms with E-state index < -0.39 is 62.6 Å². The van der Waals surface area contributed by atoms with Gasteiger partial charge in [-0.1, -0.05) is 0 Å². The maximum atomic E-state index is 10.8. The van der Waals surface area contributed by atoms with Gasteiger partial charge in [-0.15, -0.1) is 0 Å². The first-order valence-electron chi connectivity index (χ1n) is 7.71. The van der Waals surface area contributed by atoms with Crippen molar-refractivity contribution >= 4 is 29.8 Å². The van der Waals surface area contributed by atoms with Crippen molar-refractivity contribution in [3.05, 3.63) is 0 Å². The van der Waals surface area contributed by atoms with Crippen LogP contribution in [0.15, 0.2) is 0 Å². The Bertz CT molecular complexity index is 487. The summed E-state index contributed by atoms with van der Waals surface area (Å²) in [6, 6.07) is 0. The average molecular weight is 447 g/mol. The van der Waals surface area contributed by atoms with E-state index in [0.717, 1.165) is 9.80 Å². The van der Waals surface area contributed by atoms with E-state index in [1.807, 2.05) is 0 Å². The molecule has 0 fully saturated rings. The van der Waals surface area contributed by atoms with Crippen molar-refractivity contribution in [3.8, 4) is 0 Å². The fraction of sp³-hybridized carbons (Fsp3) is 0.643. The summed E-state index contributed by atoms with van der Waals surface area (Å²) < 4.78 is 0. The van der Waals surface area contributed by atoms with Crippen LogP contribution in [0, 0.1) is 0 Å². The summed E-state index contributed by atoms with van der Waals surface area (Å²) in [5, 5.41) is 47.8. The fourth-order valence-electron chi connectivity index (χ4n) is 2.20. The number of aliphatic carboxylic acids is 5. The molecule has 0 heterocycles. The molecule has 0 spiro atoms. The Labute approximate surface area is 170 Å². The van der Waals surface area contributed by atoms with E-state index in [1.54, 1.807) is 0 Å². The van der Waals surface area contributed by atoms with Gasteiger partial charge in [0.2, 0.25) is 0 Å². The summed E-state index contributed by atoms with van der Waals surface area (Å²) >= 11 is 0. The third-order valence-corrected chi connectivity index (χ3v) is 3.25. The molecule has 0 bridgehead atoms. The number of carboxylic acids is 5. The molecule has 0 saturated carbocycles. The molecule has 0 aromatic rings. The quantitative estimate of drug-likeness (QED) is 0.190. The zero-order valence-corrected chi connectivity index (χ0v) is 15.9. The first kappa shape index (κ1) is 28.0. The molecule has 0 aliphatic heterocycles. The topological polar surface area (TPSA) is 202 Å². The van der Waals surface area contributed by atoms with Gasteiger partial charge in [0.15, 0.2) is 0 Å². The SMILES string of the molecule is O=C([O-])CN(CCN(CC(=O)[O-])CC(=O)O)CCN(CC(=O)O)CC(=O)O.[Fe+2]. The maximum Gasteiger partial charge on any atom is 2.00 e. The van der Waals surface area contributed by atoms with Crippen LogP contribution in [-0.4, -0.2) is 119 Å². The summed E-state index contributed by atoms with van der Waals surface area (Å²) in [7, 11) is 0. The van der Waals surface area contributed by atoms with Gasteiger partial charge in [0.25, 0.3) is 0 Å². The standard InChI is InChI=1S/C14H23N3O10.Fe/c18-10(19)5-15(1-3-16(6-11(20)21)7-12(22)23)2-4-17(8-13(24)25)9-14(26)27;/h1-9H2,(H,18,19)(H,20,21)(H,22,23)(H,24,25)(H,26,27);/q;+2/p-2. The van der Waals surface area contributed by atoms with Gasteiger partial charge in [0.1, 0.15) is 0 Å². The third-order valence-electron chi connectivity index (χ3n) is 3.25. The molecule has 0 aromatic heterocycles. The van der Waals surface area contributed by atoms with Gasteiger partial charge in [-0.3, -0.25) is 29.1 Å². The van der Waals surface area contributed by atoms with Crippen LogP contribution in [0.2, 0.25) is 0 Å². The van der Waals surface area contributed by atoms with E-state index in [2.05, 4.69) is 0 Å². The monoisotopic (exact) mass is 447 g/mol. The molecule has 28 heavy (non-hydrogen) atoms. The number of carbonyl (C=O) groups is 5. The number of hydrogen-bond donors (Lipinski definition) is 3. The summed E-state index contributed by atoms with van der Waals surface area (Å²) in [4.78, 5) is 57.1. The Hall–Kier alpha value is -2.25. The Kier molecular flexibility index (Phi) is 14.7. The van der Waals surface area contributed by atoms with Gasteiger partial charge in [0, 0.05) is 39.3 Å². The summed E-state index contributed by atoms with van der Waals surface area (Å²) in [6.07, 6.45) is 0. The van der Waals surface area contributed by atoms with Crippen LogP contribution < -0.4 is 10.2 Å². The number of hydrogen-bond acceptors (Lipinski definition) is 10. The largest absolute Gasteiger partial charge is 2.00 e. The maximum absolute atomic E-state index is 10.8. The summed E-state index contributed by atoms with van der Waals surface area (Å²) in [5.74, 6) is -6.76. The molecular weight excluding hydrogens is 426 g/mol. The van der Waals surface area contributed by atoms with E-state index in [1.165, 1.54) is 4.90 Å². The second-order valence-corrected chi connectivity index (χ2v) is 5.62. The van der Waals surface area contributed by atoms with Crippen molar-refractivity contribution in [2.75, 3.05) is 58.9 Å². The van der Waals surface area contributed by atoms with Crippen molar-refractivity contribution in [2.24, 2.45) is 0 Å². The molecule has 0 aromatic carbocycles. The van der Waals surface area contributed by atoms with Gasteiger partial charge in [-0.25, -0.2) is 0 Å². The second-order valence-electron chi connectivity index (χ2n) is 5.62. The van der Waals surface area contributed by atoms with Crippen molar-refractivity contribution in [1.82, 2.24) is 14.7 Å². The number of carbonyl (C=O) groups excluding carboxylic acids is 2. The zero-order valence-electron chi connectivity index (χ0n) is 14.8. The molecule has 13 nitrogen and oxygen atoms in total. The number of carboxylic acid groups (broad SMARTS) is 5. The molecule has 160 valence electrons. The Balaban J connectivity index is 0. The molecule has 0 unspecified atom stereocenters. The van der Waals surface area contributed by atoms with Gasteiger partial charge in [0.05, 0.1) is 31.6 Å². The molecule has 0 aliphatic carbocycles. The van der Waals surface area contributed by atoms with Gasteiger partial charge >= 0.3 is 35.0 Å². The minimum absolute atomic E-state index is 0. The van der Waals surface area contributed by atoms with Crippen molar-refractivity contribution in [1.29, 1.82) is 0 Å². The predicted molar refractivity (Wildman–Crippen MR) is 82.2 cm³/mol. The molecule has 14 heteroatoms. The predicted octanol–water partition coefficient (Wildman–Crippen LogP) is -5.36. The first-order chi connectivity index (χ1) is 12.5. The minimum Gasteiger partial charge on any atom is -0.549 e. The average Bonchev–Trinajstić information content (AvgIpc) is 2.46. The summed E-state index contributed by atoms with van der Waals surface area (Å²) in [6.45, 7) is -3.32. The van der Waals surface area contributed by atoms with Crippen LogP contribution in [0.25, 0.3) is 0 Å². The van der Waals surface area contributed by atoms with E-state index in [9.17, 15) is 34.2 Å². The second kappa shape index (κ2) is 14.8. The van der Waals surface area contributed by atoms with Gasteiger partial charge < -0.3 is 35.1 Å². The molecule has 0 amide bonds. The van der Waals surface area contributed by atoms with Gasteiger partial charge in [-0.05, 0) is 0 Å². The van der Waals surface area contributed by atoms with E-state index >= 15 is 0 Å². The smallest absolute Gasteiger partial charge is 0.549 e. The third kappa shape index (κ3) is 16.0.